The first kappa shape index (κ1) is 23.2. The zero-order valence-electron chi connectivity index (χ0n) is 19.6. The average molecular weight is 480 g/mol. The molecular formula is C25H25N3O5S. The van der Waals surface area contributed by atoms with Gasteiger partial charge in [-0.3, -0.25) is 0 Å². The summed E-state index contributed by atoms with van der Waals surface area (Å²) in [7, 11) is 6.39. The van der Waals surface area contributed by atoms with Crippen molar-refractivity contribution >= 4 is 22.7 Å². The van der Waals surface area contributed by atoms with Gasteiger partial charge in [0.1, 0.15) is 17.2 Å². The Labute approximate surface area is 201 Å². The Morgan fingerprint density at radius 2 is 1.62 bits per heavy atom. The second kappa shape index (κ2) is 10.3. The van der Waals surface area contributed by atoms with Crippen molar-refractivity contribution in [3.8, 4) is 34.3 Å². The molecule has 9 heteroatoms. The summed E-state index contributed by atoms with van der Waals surface area (Å²) in [5.41, 5.74) is 3.12. The monoisotopic (exact) mass is 479 g/mol. The molecule has 2 aromatic heterocycles. The maximum absolute atomic E-state index is 5.55. The summed E-state index contributed by atoms with van der Waals surface area (Å²) in [4.78, 5) is 5.50. The van der Waals surface area contributed by atoms with E-state index in [1.165, 1.54) is 11.3 Å². The fourth-order valence-electron chi connectivity index (χ4n) is 3.35. The van der Waals surface area contributed by atoms with Crippen molar-refractivity contribution in [1.29, 1.82) is 0 Å². The molecule has 0 unspecified atom stereocenters. The first-order valence-corrected chi connectivity index (χ1v) is 11.2. The van der Waals surface area contributed by atoms with E-state index < -0.39 is 0 Å². The molecule has 8 nitrogen and oxygen atoms in total. The van der Waals surface area contributed by atoms with Crippen LogP contribution in [0.25, 0.3) is 11.3 Å². The maximum Gasteiger partial charge on any atom is 0.211 e. The van der Waals surface area contributed by atoms with Gasteiger partial charge in [-0.25, -0.2) is 9.67 Å². The molecule has 2 aromatic carbocycles. The predicted octanol–water partition coefficient (Wildman–Crippen LogP) is 5.35. The largest absolute Gasteiger partial charge is 0.497 e. The Balaban J connectivity index is 1.92. The minimum absolute atomic E-state index is 0.522. The molecule has 0 N–H and O–H groups in total. The third kappa shape index (κ3) is 4.69. The molecule has 0 amide bonds. The van der Waals surface area contributed by atoms with Crippen molar-refractivity contribution < 1.29 is 23.4 Å². The van der Waals surface area contributed by atoms with Crippen LogP contribution in [-0.4, -0.2) is 38.8 Å². The number of benzene rings is 2. The third-order valence-electron chi connectivity index (χ3n) is 5.07. The van der Waals surface area contributed by atoms with E-state index in [2.05, 4.69) is 0 Å². The average Bonchev–Trinajstić information content (AvgIpc) is 3.54. The van der Waals surface area contributed by atoms with Gasteiger partial charge in [0.25, 0.3) is 0 Å². The molecule has 0 spiro atoms. The number of rotatable bonds is 8. The summed E-state index contributed by atoms with van der Waals surface area (Å²) >= 11 is 1.47. The van der Waals surface area contributed by atoms with Crippen LogP contribution in [0.15, 0.2) is 74.7 Å². The van der Waals surface area contributed by atoms with Crippen LogP contribution in [0.1, 0.15) is 12.7 Å². The summed E-state index contributed by atoms with van der Waals surface area (Å²) in [6, 6.07) is 15.0. The normalized spacial score (nSPS) is 12.0. The number of thiazole rings is 1. The molecule has 0 saturated carbocycles. The minimum Gasteiger partial charge on any atom is -0.497 e. The zero-order valence-corrected chi connectivity index (χ0v) is 20.4. The van der Waals surface area contributed by atoms with Crippen LogP contribution in [0.4, 0.5) is 5.69 Å². The van der Waals surface area contributed by atoms with Gasteiger partial charge in [0.05, 0.1) is 46.1 Å². The standard InChI is InChI=1S/C25H25N3O5S/c1-16(21-7-6-12-33-21)27-28-20(17-13-22(30-3)24(32-5)23(14-17)31-4)15-34-25(28)26-18-8-10-19(29-2)11-9-18/h6-15H,1-5H3. The summed E-state index contributed by atoms with van der Waals surface area (Å²) in [6.45, 7) is 1.89. The van der Waals surface area contributed by atoms with E-state index >= 15 is 0 Å². The van der Waals surface area contributed by atoms with Crippen molar-refractivity contribution in [2.75, 3.05) is 28.4 Å². The molecule has 0 atom stereocenters. The third-order valence-corrected chi connectivity index (χ3v) is 5.89. The molecule has 2 heterocycles. The van der Waals surface area contributed by atoms with Crippen LogP contribution in [-0.2, 0) is 0 Å². The first-order valence-electron chi connectivity index (χ1n) is 10.4. The minimum atomic E-state index is 0.522. The van der Waals surface area contributed by atoms with E-state index in [1.807, 2.05) is 60.8 Å². The van der Waals surface area contributed by atoms with E-state index in [0.717, 1.165) is 22.7 Å². The Morgan fingerprint density at radius 3 is 2.18 bits per heavy atom. The molecule has 0 aliphatic rings. The maximum atomic E-state index is 5.55. The van der Waals surface area contributed by atoms with E-state index in [9.17, 15) is 0 Å². The lowest BCUT2D eigenvalue weighted by molar-refractivity contribution is 0.324. The molecule has 176 valence electrons. The van der Waals surface area contributed by atoms with Gasteiger partial charge in [0, 0.05) is 10.9 Å². The number of hydrogen-bond acceptors (Lipinski definition) is 8. The molecule has 4 rings (SSSR count). The van der Waals surface area contributed by atoms with Crippen LogP contribution in [0, 0.1) is 0 Å². The molecule has 34 heavy (non-hydrogen) atoms. The van der Waals surface area contributed by atoms with Crippen LogP contribution in [0.2, 0.25) is 0 Å². The second-order valence-electron chi connectivity index (χ2n) is 7.10. The van der Waals surface area contributed by atoms with Crippen molar-refractivity contribution in [3.63, 3.8) is 0 Å². The van der Waals surface area contributed by atoms with Gasteiger partial charge in [-0.05, 0) is 55.5 Å². The molecule has 0 aliphatic heterocycles. The summed E-state index contributed by atoms with van der Waals surface area (Å²) in [5.74, 6) is 3.06. The quantitative estimate of drug-likeness (QED) is 0.318. The topological polar surface area (TPSA) is 79.7 Å². The Morgan fingerprint density at radius 1 is 0.912 bits per heavy atom. The summed E-state index contributed by atoms with van der Waals surface area (Å²) in [5, 5.41) is 6.83. The second-order valence-corrected chi connectivity index (χ2v) is 7.94. The predicted molar refractivity (Wildman–Crippen MR) is 132 cm³/mol. The number of ether oxygens (including phenoxy) is 4. The smallest absolute Gasteiger partial charge is 0.211 e. The van der Waals surface area contributed by atoms with Gasteiger partial charge in [-0.15, -0.1) is 11.3 Å². The highest BCUT2D eigenvalue weighted by atomic mass is 32.1. The van der Waals surface area contributed by atoms with Gasteiger partial charge in [-0.1, -0.05) is 0 Å². The number of furan rings is 1. The van der Waals surface area contributed by atoms with Crippen molar-refractivity contribution in [2.24, 2.45) is 10.1 Å². The Hall–Kier alpha value is -3.98. The number of hydrogen-bond donors (Lipinski definition) is 0. The molecule has 0 aliphatic carbocycles. The molecule has 0 fully saturated rings. The molecule has 0 saturated heterocycles. The van der Waals surface area contributed by atoms with E-state index in [0.29, 0.717) is 33.5 Å². The van der Waals surface area contributed by atoms with E-state index in [1.54, 1.807) is 39.4 Å². The lowest BCUT2D eigenvalue weighted by Crippen LogP contribution is -2.13. The highest BCUT2D eigenvalue weighted by molar-refractivity contribution is 7.07. The van der Waals surface area contributed by atoms with E-state index in [4.69, 9.17) is 33.5 Å². The SMILES string of the molecule is COc1ccc(N=c2scc(-c3cc(OC)c(OC)c(OC)c3)n2N=C(C)c2ccco2)cc1. The zero-order chi connectivity index (χ0) is 24.1. The number of nitrogens with zero attached hydrogens (tertiary/aromatic N) is 3. The number of aromatic nitrogens is 1. The van der Waals surface area contributed by atoms with Crippen LogP contribution in [0.3, 0.4) is 0 Å². The van der Waals surface area contributed by atoms with Crippen LogP contribution in [0.5, 0.6) is 23.0 Å². The van der Waals surface area contributed by atoms with Gasteiger partial charge >= 0.3 is 0 Å². The number of methoxy groups -OCH3 is 4. The Kier molecular flexibility index (Phi) is 7.03. The fraction of sp³-hybridized carbons (Fsp3) is 0.200. The first-order chi connectivity index (χ1) is 16.6. The molecule has 0 radical (unpaired) electrons. The van der Waals surface area contributed by atoms with Crippen LogP contribution >= 0.6 is 11.3 Å². The van der Waals surface area contributed by atoms with Crippen LogP contribution < -0.4 is 23.7 Å². The van der Waals surface area contributed by atoms with Crippen molar-refractivity contribution in [1.82, 2.24) is 4.68 Å². The highest BCUT2D eigenvalue weighted by Gasteiger charge is 2.17. The molecular weight excluding hydrogens is 454 g/mol. The van der Waals surface area contributed by atoms with Gasteiger partial charge in [-0.2, -0.15) is 5.10 Å². The fourth-order valence-corrected chi connectivity index (χ4v) is 4.20. The van der Waals surface area contributed by atoms with Gasteiger partial charge in [0.2, 0.25) is 10.6 Å². The lowest BCUT2D eigenvalue weighted by atomic mass is 10.1. The van der Waals surface area contributed by atoms with Crippen molar-refractivity contribution in [2.45, 2.75) is 6.92 Å². The van der Waals surface area contributed by atoms with Gasteiger partial charge < -0.3 is 23.4 Å². The van der Waals surface area contributed by atoms with Gasteiger partial charge in [0.15, 0.2) is 11.5 Å². The Bertz CT molecular complexity index is 1330. The lowest BCUT2D eigenvalue weighted by Gasteiger charge is -2.14. The highest BCUT2D eigenvalue weighted by Crippen LogP contribution is 2.41. The van der Waals surface area contributed by atoms with E-state index in [-0.39, 0.29) is 0 Å². The van der Waals surface area contributed by atoms with Crippen molar-refractivity contribution in [3.05, 3.63) is 70.7 Å². The summed E-state index contributed by atoms with van der Waals surface area (Å²) < 4.78 is 29.1. The molecule has 4 aromatic rings. The summed E-state index contributed by atoms with van der Waals surface area (Å²) in [6.07, 6.45) is 1.62. The molecule has 0 bridgehead atoms.